The lowest BCUT2D eigenvalue weighted by molar-refractivity contribution is 0.203. The monoisotopic (exact) mass is 348 g/mol. The van der Waals surface area contributed by atoms with Crippen molar-refractivity contribution in [1.82, 2.24) is 20.1 Å². The second-order valence-electron chi connectivity index (χ2n) is 6.75. The topological polar surface area (TPSA) is 51.4 Å². The van der Waals surface area contributed by atoms with Crippen LogP contribution in [0.15, 0.2) is 18.2 Å². The fraction of sp³-hybridized carbons (Fsp3) is 0.500. The van der Waals surface area contributed by atoms with E-state index in [1.807, 2.05) is 23.1 Å². The number of carbonyl (C=O) groups excluding carboxylic acids is 1. The summed E-state index contributed by atoms with van der Waals surface area (Å²) in [7, 11) is 4.13. The van der Waals surface area contributed by atoms with Gasteiger partial charge in [0.15, 0.2) is 0 Å². The van der Waals surface area contributed by atoms with Crippen LogP contribution in [0.1, 0.15) is 17.7 Å². The molecule has 0 aliphatic carbocycles. The van der Waals surface area contributed by atoms with Crippen LogP contribution in [-0.4, -0.2) is 60.6 Å². The Bertz CT molecular complexity index is 740. The number of likely N-dealkylation sites (tertiary alicyclic amines) is 1. The SMILES string of the molecule is Cc1[nH]c2ccc(Cl)cc2c1CCNC(=O)N1CC[C@H](N(C)C)C1. The van der Waals surface area contributed by atoms with Crippen LogP contribution in [0.3, 0.4) is 0 Å². The summed E-state index contributed by atoms with van der Waals surface area (Å²) < 4.78 is 0. The van der Waals surface area contributed by atoms with E-state index in [0.717, 1.165) is 47.6 Å². The van der Waals surface area contributed by atoms with Gasteiger partial charge in [0, 0.05) is 47.3 Å². The first kappa shape index (κ1) is 17.1. The van der Waals surface area contributed by atoms with E-state index in [1.54, 1.807) is 0 Å². The van der Waals surface area contributed by atoms with Gasteiger partial charge in [0.25, 0.3) is 0 Å². The molecule has 1 aromatic heterocycles. The van der Waals surface area contributed by atoms with Crippen molar-refractivity contribution < 1.29 is 4.79 Å². The predicted molar refractivity (Wildman–Crippen MR) is 98.8 cm³/mol. The van der Waals surface area contributed by atoms with Gasteiger partial charge in [-0.3, -0.25) is 0 Å². The maximum absolute atomic E-state index is 12.3. The molecule has 130 valence electrons. The lowest BCUT2D eigenvalue weighted by Gasteiger charge is -2.20. The number of aryl methyl sites for hydroxylation is 1. The molecule has 2 amide bonds. The summed E-state index contributed by atoms with van der Waals surface area (Å²) in [6, 6.07) is 6.38. The van der Waals surface area contributed by atoms with Crippen molar-refractivity contribution in [2.45, 2.75) is 25.8 Å². The van der Waals surface area contributed by atoms with E-state index in [1.165, 1.54) is 5.56 Å². The summed E-state index contributed by atoms with van der Waals surface area (Å²) in [5, 5.41) is 4.93. The number of aromatic amines is 1. The van der Waals surface area contributed by atoms with Crippen LogP contribution in [-0.2, 0) is 6.42 Å². The molecule has 1 saturated heterocycles. The molecule has 5 nitrogen and oxygen atoms in total. The molecule has 2 N–H and O–H groups in total. The van der Waals surface area contributed by atoms with E-state index in [4.69, 9.17) is 11.6 Å². The third kappa shape index (κ3) is 3.52. The summed E-state index contributed by atoms with van der Waals surface area (Å²) in [6.07, 6.45) is 1.84. The van der Waals surface area contributed by atoms with Crippen molar-refractivity contribution >= 4 is 28.5 Å². The molecule has 0 unspecified atom stereocenters. The van der Waals surface area contributed by atoms with Crippen LogP contribution < -0.4 is 5.32 Å². The highest BCUT2D eigenvalue weighted by atomic mass is 35.5. The second kappa shape index (κ2) is 7.03. The Morgan fingerprint density at radius 1 is 1.46 bits per heavy atom. The van der Waals surface area contributed by atoms with E-state index in [-0.39, 0.29) is 6.03 Å². The number of aromatic nitrogens is 1. The van der Waals surface area contributed by atoms with Crippen molar-refractivity contribution in [3.8, 4) is 0 Å². The highest BCUT2D eigenvalue weighted by molar-refractivity contribution is 6.31. The number of fused-ring (bicyclic) bond motifs is 1. The molecule has 2 aromatic rings. The fourth-order valence-corrected chi connectivity index (χ4v) is 3.60. The molecule has 3 rings (SSSR count). The Kier molecular flexibility index (Phi) is 5.01. The molecule has 24 heavy (non-hydrogen) atoms. The number of benzene rings is 1. The lowest BCUT2D eigenvalue weighted by atomic mass is 10.1. The number of hydrogen-bond acceptors (Lipinski definition) is 2. The summed E-state index contributed by atoms with van der Waals surface area (Å²) in [5.41, 5.74) is 3.45. The van der Waals surface area contributed by atoms with E-state index in [9.17, 15) is 4.79 Å². The van der Waals surface area contributed by atoms with Gasteiger partial charge < -0.3 is 20.1 Å². The minimum Gasteiger partial charge on any atom is -0.358 e. The Hall–Kier alpha value is -1.72. The first-order valence-corrected chi connectivity index (χ1v) is 8.79. The smallest absolute Gasteiger partial charge is 0.317 e. The standard InChI is InChI=1S/C18H25ClN4O/c1-12-15(16-10-13(19)4-5-17(16)21-12)6-8-20-18(24)23-9-7-14(11-23)22(2)3/h4-5,10,14,21H,6-9,11H2,1-3H3,(H,20,24)/t14-/m0/s1. The molecule has 1 aromatic carbocycles. The Morgan fingerprint density at radius 3 is 2.96 bits per heavy atom. The number of carbonyl (C=O) groups is 1. The van der Waals surface area contributed by atoms with Crippen molar-refractivity contribution in [1.29, 1.82) is 0 Å². The number of nitrogens with zero attached hydrogens (tertiary/aromatic N) is 2. The van der Waals surface area contributed by atoms with Gasteiger partial charge in [-0.05, 0) is 57.6 Å². The van der Waals surface area contributed by atoms with Crippen LogP contribution in [0.4, 0.5) is 4.79 Å². The molecule has 0 bridgehead atoms. The number of amides is 2. The Labute approximate surface area is 148 Å². The molecular formula is C18H25ClN4O. The zero-order chi connectivity index (χ0) is 17.3. The predicted octanol–water partition coefficient (Wildman–Crippen LogP) is 3.02. The van der Waals surface area contributed by atoms with Crippen LogP contribution in [0.2, 0.25) is 5.02 Å². The quantitative estimate of drug-likeness (QED) is 0.892. The lowest BCUT2D eigenvalue weighted by Crippen LogP contribution is -2.41. The number of nitrogens with one attached hydrogen (secondary N) is 2. The van der Waals surface area contributed by atoms with Crippen molar-refractivity contribution in [2.24, 2.45) is 0 Å². The van der Waals surface area contributed by atoms with Gasteiger partial charge >= 0.3 is 6.03 Å². The average Bonchev–Trinajstić information content (AvgIpc) is 3.13. The van der Waals surface area contributed by atoms with Crippen molar-refractivity contribution in [3.63, 3.8) is 0 Å². The molecule has 1 aliphatic rings. The maximum Gasteiger partial charge on any atom is 0.317 e. The minimum absolute atomic E-state index is 0.0369. The van der Waals surface area contributed by atoms with E-state index >= 15 is 0 Å². The maximum atomic E-state index is 12.3. The zero-order valence-electron chi connectivity index (χ0n) is 14.5. The van der Waals surface area contributed by atoms with E-state index < -0.39 is 0 Å². The third-order valence-corrected chi connectivity index (χ3v) is 5.15. The molecule has 0 saturated carbocycles. The summed E-state index contributed by atoms with van der Waals surface area (Å²) in [4.78, 5) is 19.8. The van der Waals surface area contributed by atoms with Crippen LogP contribution >= 0.6 is 11.6 Å². The molecular weight excluding hydrogens is 324 g/mol. The molecule has 1 aliphatic heterocycles. The Morgan fingerprint density at radius 2 is 2.25 bits per heavy atom. The highest BCUT2D eigenvalue weighted by Crippen LogP contribution is 2.25. The largest absolute Gasteiger partial charge is 0.358 e. The average molecular weight is 349 g/mol. The second-order valence-corrected chi connectivity index (χ2v) is 7.19. The van der Waals surface area contributed by atoms with Gasteiger partial charge in [0.2, 0.25) is 0 Å². The van der Waals surface area contributed by atoms with E-state index in [2.05, 4.69) is 36.2 Å². The first-order valence-electron chi connectivity index (χ1n) is 8.41. The molecule has 0 spiro atoms. The van der Waals surface area contributed by atoms with Gasteiger partial charge in [0.05, 0.1) is 0 Å². The number of halogens is 1. The van der Waals surface area contributed by atoms with Gasteiger partial charge in [-0.25, -0.2) is 4.79 Å². The van der Waals surface area contributed by atoms with Gasteiger partial charge in [-0.2, -0.15) is 0 Å². The first-order chi connectivity index (χ1) is 11.5. The number of H-pyrrole nitrogens is 1. The molecule has 1 atom stereocenters. The van der Waals surface area contributed by atoms with Gasteiger partial charge in [-0.15, -0.1) is 0 Å². The summed E-state index contributed by atoms with van der Waals surface area (Å²) >= 11 is 6.12. The van der Waals surface area contributed by atoms with Crippen LogP contribution in [0.5, 0.6) is 0 Å². The minimum atomic E-state index is 0.0369. The van der Waals surface area contributed by atoms with Crippen LogP contribution in [0, 0.1) is 6.92 Å². The van der Waals surface area contributed by atoms with Crippen LogP contribution in [0.25, 0.3) is 10.9 Å². The normalized spacial score (nSPS) is 17.9. The van der Waals surface area contributed by atoms with E-state index in [0.29, 0.717) is 12.6 Å². The molecule has 6 heteroatoms. The zero-order valence-corrected chi connectivity index (χ0v) is 15.3. The summed E-state index contributed by atoms with van der Waals surface area (Å²) in [5.74, 6) is 0. The molecule has 2 heterocycles. The molecule has 0 radical (unpaired) electrons. The van der Waals surface area contributed by atoms with Crippen molar-refractivity contribution in [2.75, 3.05) is 33.7 Å². The third-order valence-electron chi connectivity index (χ3n) is 4.91. The van der Waals surface area contributed by atoms with Gasteiger partial charge in [0.1, 0.15) is 0 Å². The fourth-order valence-electron chi connectivity index (χ4n) is 3.43. The molecule has 1 fully saturated rings. The van der Waals surface area contributed by atoms with Crippen molar-refractivity contribution in [3.05, 3.63) is 34.5 Å². The Balaban J connectivity index is 1.58. The highest BCUT2D eigenvalue weighted by Gasteiger charge is 2.27. The number of hydrogen-bond donors (Lipinski definition) is 2. The van der Waals surface area contributed by atoms with Gasteiger partial charge in [-0.1, -0.05) is 11.6 Å². The number of rotatable bonds is 4. The summed E-state index contributed by atoms with van der Waals surface area (Å²) in [6.45, 7) is 4.33. The number of urea groups is 1. The number of likely N-dealkylation sites (N-methyl/N-ethyl adjacent to an activating group) is 1.